The van der Waals surface area contributed by atoms with Crippen LogP contribution in [0.5, 0.6) is 11.5 Å². The summed E-state index contributed by atoms with van der Waals surface area (Å²) in [6.45, 7) is 18.3. The van der Waals surface area contributed by atoms with Crippen LogP contribution in [0.15, 0.2) is 134 Å². The Morgan fingerprint density at radius 3 is 1.64 bits per heavy atom. The van der Waals surface area contributed by atoms with Gasteiger partial charge in [0.1, 0.15) is 22.8 Å². The number of rotatable bonds is 8. The number of ether oxygens (including phenoxy) is 1. The molecular weight excluding hydrogens is 721 g/mol. The molecule has 0 aliphatic rings. The molecule has 0 saturated carbocycles. The predicted molar refractivity (Wildman–Crippen MR) is 248 cm³/mol. The summed E-state index contributed by atoms with van der Waals surface area (Å²) in [5.74, 6) is 3.03. The van der Waals surface area contributed by atoms with Crippen LogP contribution in [-0.2, 0) is 0 Å². The van der Waals surface area contributed by atoms with Gasteiger partial charge in [0.2, 0.25) is 0 Å². The van der Waals surface area contributed by atoms with Gasteiger partial charge in [-0.25, -0.2) is 9.97 Å². The number of aromatic nitrogens is 4. The molecule has 4 aromatic heterocycles. The first-order valence-electron chi connectivity index (χ1n) is 21.2. The van der Waals surface area contributed by atoms with Crippen LogP contribution in [0, 0.1) is 0 Å². The number of para-hydroxylation sites is 2. The second kappa shape index (κ2) is 14.1. The normalized spacial score (nSPS) is 12.3. The fourth-order valence-electron chi connectivity index (χ4n) is 9.62. The first kappa shape index (κ1) is 36.9. The largest absolute Gasteiger partial charge is 0.457 e. The monoisotopic (exact) mass is 770 g/mol. The van der Waals surface area contributed by atoms with Crippen molar-refractivity contribution in [2.24, 2.45) is 0 Å². The number of pyridine rings is 2. The van der Waals surface area contributed by atoms with Crippen molar-refractivity contribution in [2.45, 2.75) is 79.1 Å². The third kappa shape index (κ3) is 5.81. The molecule has 0 saturated heterocycles. The molecule has 59 heavy (non-hydrogen) atoms. The molecule has 10 rings (SSSR count). The van der Waals surface area contributed by atoms with E-state index >= 15 is 0 Å². The Morgan fingerprint density at radius 1 is 0.475 bits per heavy atom. The fraction of sp³-hybridized carbons (Fsp3) is 0.222. The highest BCUT2D eigenvalue weighted by atomic mass is 16.5. The van der Waals surface area contributed by atoms with Gasteiger partial charge in [0.25, 0.3) is 0 Å². The van der Waals surface area contributed by atoms with E-state index in [1.54, 1.807) is 0 Å². The third-order valence-electron chi connectivity index (χ3n) is 12.4. The smallest absolute Gasteiger partial charge is 0.145 e. The molecule has 0 aliphatic heterocycles. The van der Waals surface area contributed by atoms with Gasteiger partial charge in [-0.3, -0.25) is 8.80 Å². The first-order valence-corrected chi connectivity index (χ1v) is 21.2. The van der Waals surface area contributed by atoms with E-state index in [1.807, 2.05) is 6.20 Å². The number of hydrogen-bond acceptors (Lipinski definition) is 3. The summed E-state index contributed by atoms with van der Waals surface area (Å²) < 4.78 is 11.4. The molecule has 0 bridgehead atoms. The van der Waals surface area contributed by atoms with Crippen molar-refractivity contribution in [2.75, 3.05) is 0 Å². The van der Waals surface area contributed by atoms with Gasteiger partial charge in [0.15, 0.2) is 0 Å². The van der Waals surface area contributed by atoms with Gasteiger partial charge in [-0.15, -0.1) is 0 Å². The average Bonchev–Trinajstić information content (AvgIpc) is 3.92. The Labute approximate surface area is 345 Å². The minimum Gasteiger partial charge on any atom is -0.457 e. The van der Waals surface area contributed by atoms with E-state index in [1.165, 1.54) is 55.2 Å². The maximum absolute atomic E-state index is 6.79. The Kier molecular flexibility index (Phi) is 8.82. The molecule has 0 atom stereocenters. The molecule has 0 aliphatic carbocycles. The summed E-state index contributed by atoms with van der Waals surface area (Å²) in [4.78, 5) is 10.1. The van der Waals surface area contributed by atoms with Gasteiger partial charge >= 0.3 is 0 Å². The Hall–Kier alpha value is -6.46. The van der Waals surface area contributed by atoms with E-state index in [0.29, 0.717) is 23.7 Å². The predicted octanol–water partition coefficient (Wildman–Crippen LogP) is 15.2. The fourth-order valence-corrected chi connectivity index (χ4v) is 9.62. The standard InChI is InChI=1S/C54H50N4O/c1-31(2)37-15-11-16-38(32(3)4)50(37)45-20-13-19-44-42-25-23-35(28-46(42)53-55-26-27-57(53)52(44)45)59-36-22-24-41-43-14-9-10-21-48(43)58-49(30-56-54(58)47(41)29-36)51-39(33(5)6)17-12-18-40(51)34(7)8/h9-34H,1-8H3. The van der Waals surface area contributed by atoms with E-state index in [0.717, 1.165) is 55.5 Å². The molecule has 0 N–H and O–H groups in total. The van der Waals surface area contributed by atoms with Crippen molar-refractivity contribution < 1.29 is 4.74 Å². The molecule has 6 aromatic carbocycles. The second-order valence-electron chi connectivity index (χ2n) is 17.4. The highest BCUT2D eigenvalue weighted by molar-refractivity contribution is 6.16. The Bertz CT molecular complexity index is 3220. The summed E-state index contributed by atoms with van der Waals surface area (Å²) in [6, 6.07) is 41.9. The molecule has 4 heterocycles. The summed E-state index contributed by atoms with van der Waals surface area (Å²) in [5.41, 5.74) is 14.6. The van der Waals surface area contributed by atoms with Crippen LogP contribution >= 0.6 is 0 Å². The number of imidazole rings is 2. The van der Waals surface area contributed by atoms with Crippen LogP contribution in [0.25, 0.3) is 77.0 Å². The van der Waals surface area contributed by atoms with Gasteiger partial charge in [-0.05, 0) is 105 Å². The van der Waals surface area contributed by atoms with Crippen LogP contribution in [0.1, 0.15) is 101 Å². The van der Waals surface area contributed by atoms with Crippen molar-refractivity contribution >= 4 is 54.6 Å². The quantitative estimate of drug-likeness (QED) is 0.145. The van der Waals surface area contributed by atoms with E-state index in [2.05, 4.69) is 192 Å². The van der Waals surface area contributed by atoms with Crippen LogP contribution < -0.4 is 4.74 Å². The molecular formula is C54H50N4O. The van der Waals surface area contributed by atoms with E-state index < -0.39 is 0 Å². The molecule has 5 nitrogen and oxygen atoms in total. The summed E-state index contributed by atoms with van der Waals surface area (Å²) in [5, 5.41) is 6.79. The Morgan fingerprint density at radius 2 is 1.02 bits per heavy atom. The SMILES string of the molecule is CC(C)c1cccc(C(C)C)c1-c1cccc2c3ccc(Oc4ccc5c6ccccc6n6c(-c7c(C(C)C)cccc7C(C)C)cnc6c5c4)cc3c3nccn3c12. The lowest BCUT2D eigenvalue weighted by atomic mass is 9.84. The summed E-state index contributed by atoms with van der Waals surface area (Å²) in [6.07, 6.45) is 6.09. The number of fused-ring (bicyclic) bond motifs is 12. The van der Waals surface area contributed by atoms with Crippen molar-refractivity contribution in [3.63, 3.8) is 0 Å². The third-order valence-corrected chi connectivity index (χ3v) is 12.4. The Balaban J connectivity index is 1.13. The zero-order chi connectivity index (χ0) is 40.7. The number of benzene rings is 6. The molecule has 0 amide bonds. The van der Waals surface area contributed by atoms with Crippen LogP contribution in [0.2, 0.25) is 0 Å². The van der Waals surface area contributed by atoms with Crippen LogP contribution in [0.4, 0.5) is 0 Å². The summed E-state index contributed by atoms with van der Waals surface area (Å²) >= 11 is 0. The lowest BCUT2D eigenvalue weighted by Crippen LogP contribution is -2.02. The minimum atomic E-state index is 0.366. The van der Waals surface area contributed by atoms with Crippen LogP contribution in [0.3, 0.4) is 0 Å². The molecule has 0 fully saturated rings. The van der Waals surface area contributed by atoms with Crippen molar-refractivity contribution in [1.82, 2.24) is 18.8 Å². The van der Waals surface area contributed by atoms with Gasteiger partial charge in [0, 0.05) is 45.1 Å². The van der Waals surface area contributed by atoms with Gasteiger partial charge in [0.05, 0.1) is 22.9 Å². The van der Waals surface area contributed by atoms with Crippen LogP contribution in [-0.4, -0.2) is 18.8 Å². The second-order valence-corrected chi connectivity index (χ2v) is 17.4. The summed E-state index contributed by atoms with van der Waals surface area (Å²) in [7, 11) is 0. The molecule has 292 valence electrons. The number of nitrogens with zero attached hydrogens (tertiary/aromatic N) is 4. The van der Waals surface area contributed by atoms with Crippen molar-refractivity contribution in [1.29, 1.82) is 0 Å². The van der Waals surface area contributed by atoms with Crippen molar-refractivity contribution in [3.8, 4) is 33.9 Å². The average molecular weight is 771 g/mol. The molecule has 0 spiro atoms. The maximum atomic E-state index is 6.79. The van der Waals surface area contributed by atoms with Gasteiger partial charge < -0.3 is 4.74 Å². The molecule has 5 heteroatoms. The minimum absolute atomic E-state index is 0.366. The van der Waals surface area contributed by atoms with E-state index in [-0.39, 0.29) is 0 Å². The molecule has 10 aromatic rings. The van der Waals surface area contributed by atoms with Crippen molar-refractivity contribution in [3.05, 3.63) is 156 Å². The van der Waals surface area contributed by atoms with Gasteiger partial charge in [-0.1, -0.05) is 128 Å². The topological polar surface area (TPSA) is 43.8 Å². The highest BCUT2D eigenvalue weighted by Crippen LogP contribution is 2.44. The highest BCUT2D eigenvalue weighted by Gasteiger charge is 2.23. The maximum Gasteiger partial charge on any atom is 0.145 e. The zero-order valence-corrected chi connectivity index (χ0v) is 35.2. The first-order chi connectivity index (χ1) is 28.6. The van der Waals surface area contributed by atoms with E-state index in [9.17, 15) is 0 Å². The zero-order valence-electron chi connectivity index (χ0n) is 35.2. The lowest BCUT2D eigenvalue weighted by molar-refractivity contribution is 0.484. The lowest BCUT2D eigenvalue weighted by Gasteiger charge is -2.22. The molecule has 0 radical (unpaired) electrons. The van der Waals surface area contributed by atoms with E-state index in [4.69, 9.17) is 14.7 Å². The number of hydrogen-bond donors (Lipinski definition) is 0. The molecule has 0 unspecified atom stereocenters. The van der Waals surface area contributed by atoms with Gasteiger partial charge in [-0.2, -0.15) is 0 Å².